The summed E-state index contributed by atoms with van der Waals surface area (Å²) in [7, 11) is 0. The second-order valence-corrected chi connectivity index (χ2v) is 4.17. The standard InChI is InChI=1S/C13H13N3O4/c1-8-14-12(16-20-8)13(19)15-10(7-11(17)18)9-5-3-2-4-6-9/h2-6,10H,7H2,1H3,(H,15,19)(H,17,18). The molecule has 0 spiro atoms. The van der Waals surface area contributed by atoms with Crippen LogP contribution < -0.4 is 5.32 Å². The number of rotatable bonds is 5. The minimum atomic E-state index is -1.01. The van der Waals surface area contributed by atoms with Crippen LogP contribution in [0.2, 0.25) is 0 Å². The number of aryl methyl sites for hydroxylation is 1. The van der Waals surface area contributed by atoms with Crippen LogP contribution in [-0.4, -0.2) is 27.1 Å². The maximum atomic E-state index is 11.9. The zero-order valence-electron chi connectivity index (χ0n) is 10.7. The van der Waals surface area contributed by atoms with Gasteiger partial charge in [-0.3, -0.25) is 9.59 Å². The number of aliphatic carboxylic acids is 1. The third kappa shape index (κ3) is 3.41. The Bertz CT molecular complexity index is 609. The van der Waals surface area contributed by atoms with E-state index in [1.165, 1.54) is 0 Å². The highest BCUT2D eigenvalue weighted by Gasteiger charge is 2.21. The van der Waals surface area contributed by atoms with Crippen LogP contribution in [0.1, 0.15) is 34.5 Å². The quantitative estimate of drug-likeness (QED) is 0.852. The van der Waals surface area contributed by atoms with Gasteiger partial charge < -0.3 is 14.9 Å². The summed E-state index contributed by atoms with van der Waals surface area (Å²) in [6.45, 7) is 1.57. The smallest absolute Gasteiger partial charge is 0.305 e. The molecule has 1 aromatic carbocycles. The van der Waals surface area contributed by atoms with E-state index in [0.717, 1.165) is 0 Å². The van der Waals surface area contributed by atoms with E-state index in [-0.39, 0.29) is 18.1 Å². The van der Waals surface area contributed by atoms with Gasteiger partial charge in [-0.05, 0) is 5.56 Å². The third-order valence-corrected chi connectivity index (χ3v) is 2.62. The molecule has 0 bridgehead atoms. The number of carboxylic acid groups (broad SMARTS) is 1. The summed E-state index contributed by atoms with van der Waals surface area (Å²) in [5.74, 6) is -1.43. The number of carboxylic acids is 1. The SMILES string of the molecule is Cc1nc(C(=O)NC(CC(=O)O)c2ccccc2)no1. The molecule has 0 aliphatic rings. The molecule has 20 heavy (non-hydrogen) atoms. The maximum Gasteiger partial charge on any atom is 0.305 e. The first-order chi connectivity index (χ1) is 9.56. The largest absolute Gasteiger partial charge is 0.481 e. The fraction of sp³-hybridized carbons (Fsp3) is 0.231. The molecule has 2 rings (SSSR count). The minimum Gasteiger partial charge on any atom is -0.481 e. The van der Waals surface area contributed by atoms with E-state index in [2.05, 4.69) is 15.5 Å². The Balaban J connectivity index is 2.16. The highest BCUT2D eigenvalue weighted by atomic mass is 16.5. The van der Waals surface area contributed by atoms with Crippen molar-refractivity contribution in [3.63, 3.8) is 0 Å². The molecule has 104 valence electrons. The Labute approximate surface area is 114 Å². The van der Waals surface area contributed by atoms with E-state index >= 15 is 0 Å². The Hall–Kier alpha value is -2.70. The first-order valence-corrected chi connectivity index (χ1v) is 5.94. The monoisotopic (exact) mass is 275 g/mol. The lowest BCUT2D eigenvalue weighted by Gasteiger charge is -2.16. The fourth-order valence-electron chi connectivity index (χ4n) is 1.73. The molecule has 7 heteroatoms. The molecule has 2 N–H and O–H groups in total. The first-order valence-electron chi connectivity index (χ1n) is 5.94. The molecule has 1 heterocycles. The van der Waals surface area contributed by atoms with E-state index in [4.69, 9.17) is 9.63 Å². The van der Waals surface area contributed by atoms with Crippen LogP contribution in [0.3, 0.4) is 0 Å². The summed E-state index contributed by atoms with van der Waals surface area (Å²) < 4.78 is 4.72. The predicted molar refractivity (Wildman–Crippen MR) is 67.9 cm³/mol. The molecular weight excluding hydrogens is 262 g/mol. The Kier molecular flexibility index (Phi) is 4.09. The summed E-state index contributed by atoms with van der Waals surface area (Å²) in [5.41, 5.74) is 0.698. The van der Waals surface area contributed by atoms with Gasteiger partial charge in [0.25, 0.3) is 11.7 Å². The van der Waals surface area contributed by atoms with Gasteiger partial charge in [-0.1, -0.05) is 35.5 Å². The van der Waals surface area contributed by atoms with Gasteiger partial charge in [0.1, 0.15) is 0 Å². The van der Waals surface area contributed by atoms with Gasteiger partial charge in [0, 0.05) is 6.92 Å². The molecule has 0 aliphatic carbocycles. The van der Waals surface area contributed by atoms with Crippen LogP contribution in [0.25, 0.3) is 0 Å². The van der Waals surface area contributed by atoms with E-state index in [9.17, 15) is 9.59 Å². The number of hydrogen-bond acceptors (Lipinski definition) is 5. The van der Waals surface area contributed by atoms with E-state index < -0.39 is 17.9 Å². The van der Waals surface area contributed by atoms with Crippen molar-refractivity contribution in [2.45, 2.75) is 19.4 Å². The topological polar surface area (TPSA) is 105 Å². The molecule has 0 saturated heterocycles. The number of carbonyl (C=O) groups is 2. The fourth-order valence-corrected chi connectivity index (χ4v) is 1.73. The summed E-state index contributed by atoms with van der Waals surface area (Å²) in [5, 5.41) is 15.0. The van der Waals surface area contributed by atoms with Crippen molar-refractivity contribution in [1.82, 2.24) is 15.5 Å². The van der Waals surface area contributed by atoms with Crippen molar-refractivity contribution in [2.75, 3.05) is 0 Å². The molecule has 2 aromatic rings. The van der Waals surface area contributed by atoms with Crippen molar-refractivity contribution < 1.29 is 19.2 Å². The summed E-state index contributed by atoms with van der Waals surface area (Å²) in [6.07, 6.45) is -0.230. The van der Waals surface area contributed by atoms with Crippen LogP contribution in [-0.2, 0) is 4.79 Å². The average molecular weight is 275 g/mol. The number of nitrogens with zero attached hydrogens (tertiary/aromatic N) is 2. The van der Waals surface area contributed by atoms with Gasteiger partial charge in [-0.2, -0.15) is 4.98 Å². The minimum absolute atomic E-state index is 0.117. The molecule has 0 aliphatic heterocycles. The number of aromatic nitrogens is 2. The van der Waals surface area contributed by atoms with E-state index in [0.29, 0.717) is 5.56 Å². The lowest BCUT2D eigenvalue weighted by molar-refractivity contribution is -0.137. The third-order valence-electron chi connectivity index (χ3n) is 2.62. The van der Waals surface area contributed by atoms with E-state index in [1.807, 2.05) is 6.07 Å². The second kappa shape index (κ2) is 5.96. The van der Waals surface area contributed by atoms with Crippen molar-refractivity contribution >= 4 is 11.9 Å². The van der Waals surface area contributed by atoms with Gasteiger partial charge in [0.15, 0.2) is 0 Å². The number of benzene rings is 1. The van der Waals surface area contributed by atoms with Gasteiger partial charge in [0.05, 0.1) is 12.5 Å². The maximum absolute atomic E-state index is 11.9. The Morgan fingerprint density at radius 1 is 1.35 bits per heavy atom. The van der Waals surface area contributed by atoms with Gasteiger partial charge in [-0.15, -0.1) is 0 Å². The molecule has 0 fully saturated rings. The average Bonchev–Trinajstić information content (AvgIpc) is 2.85. The Morgan fingerprint density at radius 3 is 2.60 bits per heavy atom. The highest BCUT2D eigenvalue weighted by Crippen LogP contribution is 2.17. The zero-order valence-corrected chi connectivity index (χ0v) is 10.7. The summed E-state index contributed by atoms with van der Waals surface area (Å²) in [6, 6.07) is 8.19. The van der Waals surface area contributed by atoms with Gasteiger partial charge in [0.2, 0.25) is 5.89 Å². The van der Waals surface area contributed by atoms with Crippen molar-refractivity contribution in [1.29, 1.82) is 0 Å². The van der Waals surface area contributed by atoms with Crippen LogP contribution >= 0.6 is 0 Å². The Morgan fingerprint density at radius 2 is 2.05 bits per heavy atom. The van der Waals surface area contributed by atoms with Crippen LogP contribution in [0.15, 0.2) is 34.9 Å². The second-order valence-electron chi connectivity index (χ2n) is 4.17. The molecule has 1 unspecified atom stereocenters. The van der Waals surface area contributed by atoms with Crippen molar-refractivity contribution in [3.8, 4) is 0 Å². The summed E-state index contributed by atoms with van der Waals surface area (Å²) >= 11 is 0. The van der Waals surface area contributed by atoms with Gasteiger partial charge >= 0.3 is 5.97 Å². The predicted octanol–water partition coefficient (Wildman–Crippen LogP) is 1.32. The number of amides is 1. The lowest BCUT2D eigenvalue weighted by Crippen LogP contribution is -2.30. The van der Waals surface area contributed by atoms with Gasteiger partial charge in [-0.25, -0.2) is 0 Å². The molecular formula is C13H13N3O4. The number of carbonyl (C=O) groups excluding carboxylic acids is 1. The normalized spacial score (nSPS) is 11.8. The first kappa shape index (κ1) is 13.7. The zero-order chi connectivity index (χ0) is 14.5. The molecule has 1 aromatic heterocycles. The number of nitrogens with one attached hydrogen (secondary N) is 1. The van der Waals surface area contributed by atoms with E-state index in [1.54, 1.807) is 31.2 Å². The van der Waals surface area contributed by atoms with Crippen LogP contribution in [0.5, 0.6) is 0 Å². The molecule has 7 nitrogen and oxygen atoms in total. The number of hydrogen-bond donors (Lipinski definition) is 2. The molecule has 0 saturated carbocycles. The molecule has 0 radical (unpaired) electrons. The van der Waals surface area contributed by atoms with Crippen molar-refractivity contribution in [3.05, 3.63) is 47.6 Å². The van der Waals surface area contributed by atoms with Crippen LogP contribution in [0, 0.1) is 6.92 Å². The molecule has 1 atom stereocenters. The molecule has 1 amide bonds. The lowest BCUT2D eigenvalue weighted by atomic mass is 10.0. The van der Waals surface area contributed by atoms with Crippen LogP contribution in [0.4, 0.5) is 0 Å². The van der Waals surface area contributed by atoms with Crippen molar-refractivity contribution in [2.24, 2.45) is 0 Å². The highest BCUT2D eigenvalue weighted by molar-refractivity contribution is 5.90. The summed E-state index contributed by atoms with van der Waals surface area (Å²) in [4.78, 5) is 26.6.